The zero-order valence-corrected chi connectivity index (χ0v) is 13.1. The molecule has 3 rings (SSSR count). The maximum atomic E-state index is 12.9. The fraction of sp³-hybridized carbons (Fsp3) is 0. The van der Waals surface area contributed by atoms with Crippen LogP contribution in [0.25, 0.3) is 10.8 Å². The summed E-state index contributed by atoms with van der Waals surface area (Å²) in [4.78, 5) is 13.9. The second kappa shape index (κ2) is 5.60. The molecule has 2 aromatic carbocycles. The van der Waals surface area contributed by atoms with Crippen molar-refractivity contribution in [2.45, 2.75) is 9.79 Å². The average molecular weight is 349 g/mol. The molecule has 0 amide bonds. The smallest absolute Gasteiger partial charge is 0.264 e. The Morgan fingerprint density at radius 3 is 2.61 bits per heavy atom. The van der Waals surface area contributed by atoms with Crippen molar-refractivity contribution in [3.63, 3.8) is 0 Å². The van der Waals surface area contributed by atoms with Crippen molar-refractivity contribution in [1.29, 1.82) is 0 Å². The Morgan fingerprint density at radius 1 is 1.09 bits per heavy atom. The van der Waals surface area contributed by atoms with Crippen LogP contribution in [0.4, 0.5) is 5.69 Å². The number of pyridine rings is 1. The van der Waals surface area contributed by atoms with Gasteiger partial charge in [0.1, 0.15) is 0 Å². The van der Waals surface area contributed by atoms with Crippen LogP contribution in [-0.4, -0.2) is 18.3 Å². The van der Waals surface area contributed by atoms with Crippen molar-refractivity contribution < 1.29 is 13.3 Å². The first kappa shape index (κ1) is 15.4. The molecule has 0 saturated carbocycles. The molecule has 0 bridgehead atoms. The molecule has 0 aliphatic carbocycles. The third-order valence-electron chi connectivity index (χ3n) is 3.34. The summed E-state index contributed by atoms with van der Waals surface area (Å²) < 4.78 is 25.9. The van der Waals surface area contributed by atoms with Crippen LogP contribution < -0.4 is 0 Å². The van der Waals surface area contributed by atoms with E-state index in [1.165, 1.54) is 24.5 Å². The lowest BCUT2D eigenvalue weighted by atomic mass is 10.2. The number of hydrogen-bond acceptors (Lipinski definition) is 5. The third-order valence-corrected chi connectivity index (χ3v) is 5.41. The molecule has 8 heteroatoms. The van der Waals surface area contributed by atoms with Crippen molar-refractivity contribution in [3.05, 3.63) is 70.0 Å². The Hall–Kier alpha value is -2.51. The first-order valence-electron chi connectivity index (χ1n) is 6.43. The molecule has 0 atom stereocenters. The van der Waals surface area contributed by atoms with Gasteiger partial charge in [-0.15, -0.1) is 0 Å². The van der Waals surface area contributed by atoms with Gasteiger partial charge in [-0.2, -0.15) is 0 Å². The summed E-state index contributed by atoms with van der Waals surface area (Å²) in [5.41, 5.74) is -0.513. The molecule has 116 valence electrons. The van der Waals surface area contributed by atoms with Crippen molar-refractivity contribution in [2.75, 3.05) is 0 Å². The molecule has 0 fully saturated rings. The molecule has 0 unspecified atom stereocenters. The van der Waals surface area contributed by atoms with Gasteiger partial charge in [-0.05, 0) is 24.3 Å². The summed E-state index contributed by atoms with van der Waals surface area (Å²) in [6.45, 7) is 0. The number of nitro benzene ring substituents is 1. The highest BCUT2D eigenvalue weighted by molar-refractivity contribution is 7.91. The van der Waals surface area contributed by atoms with Crippen LogP contribution in [0.15, 0.2) is 64.6 Å². The maximum absolute atomic E-state index is 12.9. The zero-order chi connectivity index (χ0) is 16.6. The minimum atomic E-state index is -4.12. The highest BCUT2D eigenvalue weighted by atomic mass is 35.5. The van der Waals surface area contributed by atoms with Crippen LogP contribution in [0.5, 0.6) is 0 Å². The maximum Gasteiger partial charge on any atom is 0.288 e. The van der Waals surface area contributed by atoms with Crippen LogP contribution in [0, 0.1) is 10.1 Å². The molecule has 23 heavy (non-hydrogen) atoms. The molecule has 0 aliphatic rings. The molecule has 1 aromatic heterocycles. The average Bonchev–Trinajstić information content (AvgIpc) is 2.54. The van der Waals surface area contributed by atoms with Gasteiger partial charge in [0.05, 0.1) is 9.82 Å². The van der Waals surface area contributed by atoms with E-state index in [-0.39, 0.29) is 9.92 Å². The predicted molar refractivity (Wildman–Crippen MR) is 85.3 cm³/mol. The van der Waals surface area contributed by atoms with Crippen LogP contribution in [0.3, 0.4) is 0 Å². The summed E-state index contributed by atoms with van der Waals surface area (Å²) in [6, 6.07) is 9.70. The topological polar surface area (TPSA) is 90.2 Å². The van der Waals surface area contributed by atoms with E-state index in [0.29, 0.717) is 10.8 Å². The number of fused-ring (bicyclic) bond motifs is 1. The minimum Gasteiger partial charge on any atom is -0.264 e. The fourth-order valence-corrected chi connectivity index (χ4v) is 4.21. The van der Waals surface area contributed by atoms with E-state index >= 15 is 0 Å². The second-order valence-electron chi connectivity index (χ2n) is 4.73. The third kappa shape index (κ3) is 2.64. The predicted octanol–water partition coefficient (Wildman–Crippen LogP) is 3.63. The van der Waals surface area contributed by atoms with Crippen molar-refractivity contribution in [3.8, 4) is 0 Å². The van der Waals surface area contributed by atoms with Crippen molar-refractivity contribution in [2.24, 2.45) is 0 Å². The number of benzene rings is 2. The number of hydrogen-bond donors (Lipinski definition) is 0. The van der Waals surface area contributed by atoms with Crippen LogP contribution in [0.2, 0.25) is 5.02 Å². The highest BCUT2D eigenvalue weighted by Crippen LogP contribution is 2.34. The quantitative estimate of drug-likeness (QED) is 0.532. The molecule has 0 saturated heterocycles. The Kier molecular flexibility index (Phi) is 3.75. The normalized spacial score (nSPS) is 11.5. The fourth-order valence-electron chi connectivity index (χ4n) is 2.30. The van der Waals surface area contributed by atoms with Gasteiger partial charge in [0, 0.05) is 34.3 Å². The Bertz CT molecular complexity index is 1030. The van der Waals surface area contributed by atoms with Crippen LogP contribution in [-0.2, 0) is 9.84 Å². The summed E-state index contributed by atoms with van der Waals surface area (Å²) in [5.74, 6) is 0. The lowest BCUT2D eigenvalue weighted by Gasteiger charge is -2.09. The SMILES string of the molecule is O=[N+]([O-])c1ccc(Cl)cc1S(=O)(=O)c1cccc2cnccc12. The summed E-state index contributed by atoms with van der Waals surface area (Å²) in [7, 11) is -4.12. The Morgan fingerprint density at radius 2 is 1.87 bits per heavy atom. The van der Waals surface area contributed by atoms with Gasteiger partial charge in [0.2, 0.25) is 9.84 Å². The van der Waals surface area contributed by atoms with E-state index in [4.69, 9.17) is 11.6 Å². The molecular weight excluding hydrogens is 340 g/mol. The molecule has 0 radical (unpaired) electrons. The summed E-state index contributed by atoms with van der Waals surface area (Å²) in [5, 5.41) is 12.3. The van der Waals surface area contributed by atoms with E-state index in [1.807, 2.05) is 0 Å². The largest absolute Gasteiger partial charge is 0.288 e. The van der Waals surface area contributed by atoms with Crippen molar-refractivity contribution >= 4 is 37.9 Å². The first-order chi connectivity index (χ1) is 10.9. The zero-order valence-electron chi connectivity index (χ0n) is 11.5. The molecule has 3 aromatic rings. The van der Waals surface area contributed by atoms with Gasteiger partial charge < -0.3 is 0 Å². The highest BCUT2D eigenvalue weighted by Gasteiger charge is 2.29. The van der Waals surface area contributed by atoms with Crippen LogP contribution in [0.1, 0.15) is 0 Å². The Labute approximate surface area is 136 Å². The lowest BCUT2D eigenvalue weighted by molar-refractivity contribution is -0.387. The summed E-state index contributed by atoms with van der Waals surface area (Å²) in [6.07, 6.45) is 2.99. The molecule has 0 aliphatic heterocycles. The molecule has 0 N–H and O–H groups in total. The van der Waals surface area contributed by atoms with E-state index in [1.54, 1.807) is 18.2 Å². The molecule has 6 nitrogen and oxygen atoms in total. The molecular formula is C15H9ClN2O4S. The van der Waals surface area contributed by atoms with Crippen LogP contribution >= 0.6 is 11.6 Å². The van der Waals surface area contributed by atoms with E-state index < -0.39 is 25.3 Å². The number of nitrogens with zero attached hydrogens (tertiary/aromatic N) is 2. The second-order valence-corrected chi connectivity index (χ2v) is 7.05. The van der Waals surface area contributed by atoms with Gasteiger partial charge in [-0.1, -0.05) is 23.7 Å². The minimum absolute atomic E-state index is 0.0252. The van der Waals surface area contributed by atoms with E-state index in [0.717, 1.165) is 12.1 Å². The number of aromatic nitrogens is 1. The van der Waals surface area contributed by atoms with Gasteiger partial charge in [0.15, 0.2) is 4.90 Å². The van der Waals surface area contributed by atoms with Crippen molar-refractivity contribution in [1.82, 2.24) is 4.98 Å². The first-order valence-corrected chi connectivity index (χ1v) is 8.29. The van der Waals surface area contributed by atoms with Gasteiger partial charge in [-0.3, -0.25) is 15.1 Å². The van der Waals surface area contributed by atoms with Gasteiger partial charge in [-0.25, -0.2) is 8.42 Å². The summed E-state index contributed by atoms with van der Waals surface area (Å²) >= 11 is 5.84. The number of halogens is 1. The molecule has 1 heterocycles. The van der Waals surface area contributed by atoms with Gasteiger partial charge >= 0.3 is 0 Å². The lowest BCUT2D eigenvalue weighted by Crippen LogP contribution is -2.06. The monoisotopic (exact) mass is 348 g/mol. The number of rotatable bonds is 3. The molecule has 0 spiro atoms. The van der Waals surface area contributed by atoms with Gasteiger partial charge in [0.25, 0.3) is 5.69 Å². The number of sulfone groups is 1. The number of nitro groups is 1. The standard InChI is InChI=1S/C15H9ClN2O4S/c16-11-4-5-13(18(19)20)15(8-11)23(21,22)14-3-1-2-10-9-17-7-6-12(10)14/h1-9H. The van der Waals surface area contributed by atoms with E-state index in [9.17, 15) is 18.5 Å². The van der Waals surface area contributed by atoms with E-state index in [2.05, 4.69) is 4.98 Å². The Balaban J connectivity index is 2.35.